The van der Waals surface area contributed by atoms with Crippen LogP contribution in [0.25, 0.3) is 10.2 Å². The Bertz CT molecular complexity index is 479. The molecule has 1 heterocycles. The molecule has 0 amide bonds. The van der Waals surface area contributed by atoms with E-state index in [1.54, 1.807) is 0 Å². The number of hydrogen-bond acceptors (Lipinski definition) is 2. The van der Waals surface area contributed by atoms with Crippen LogP contribution in [-0.4, -0.2) is 4.98 Å². The van der Waals surface area contributed by atoms with E-state index in [9.17, 15) is 17.6 Å². The summed E-state index contributed by atoms with van der Waals surface area (Å²) >= 11 is 5.91. The van der Waals surface area contributed by atoms with Gasteiger partial charge in [-0.25, -0.2) is 22.5 Å². The molecule has 14 heavy (non-hydrogen) atoms. The number of nitrogens with zero attached hydrogens (tertiary/aromatic N) is 1. The lowest BCUT2D eigenvalue weighted by Crippen LogP contribution is -1.96. The Balaban J connectivity index is 3.01. The molecule has 2 rings (SSSR count). The summed E-state index contributed by atoms with van der Waals surface area (Å²) < 4.78 is 50.7. The van der Waals surface area contributed by atoms with E-state index in [-0.39, 0.29) is 4.47 Å². The third-order valence-electron chi connectivity index (χ3n) is 1.59. The summed E-state index contributed by atoms with van der Waals surface area (Å²) in [5.41, 5.74) is -0.587. The first-order chi connectivity index (χ1) is 6.52. The molecule has 0 fully saturated rings. The van der Waals surface area contributed by atoms with Crippen molar-refractivity contribution in [1.82, 2.24) is 4.98 Å². The molecule has 0 aliphatic rings. The highest BCUT2D eigenvalue weighted by molar-refractivity contribution is 7.22. The van der Waals surface area contributed by atoms with Crippen molar-refractivity contribution in [3.05, 3.63) is 27.7 Å². The minimum absolute atomic E-state index is 0.178. The highest BCUT2D eigenvalue weighted by atomic mass is 35.5. The van der Waals surface area contributed by atoms with Crippen LogP contribution in [0.4, 0.5) is 17.6 Å². The van der Waals surface area contributed by atoms with Gasteiger partial charge in [0.2, 0.25) is 0 Å². The van der Waals surface area contributed by atoms with Crippen LogP contribution in [0.1, 0.15) is 0 Å². The van der Waals surface area contributed by atoms with Gasteiger partial charge in [0.25, 0.3) is 0 Å². The van der Waals surface area contributed by atoms with Crippen LogP contribution in [0.2, 0.25) is 4.47 Å². The number of rotatable bonds is 0. The minimum atomic E-state index is -1.88. The van der Waals surface area contributed by atoms with Crippen molar-refractivity contribution in [1.29, 1.82) is 0 Å². The van der Waals surface area contributed by atoms with E-state index in [0.717, 1.165) is 0 Å². The van der Waals surface area contributed by atoms with Crippen LogP contribution in [0.15, 0.2) is 0 Å². The lowest BCUT2D eigenvalue weighted by molar-refractivity contribution is 0.418. The van der Waals surface area contributed by atoms with Gasteiger partial charge >= 0.3 is 0 Å². The van der Waals surface area contributed by atoms with Gasteiger partial charge in [-0.3, -0.25) is 0 Å². The van der Waals surface area contributed by atoms with Gasteiger partial charge in [0, 0.05) is 0 Å². The van der Waals surface area contributed by atoms with E-state index in [1.165, 1.54) is 0 Å². The van der Waals surface area contributed by atoms with E-state index in [1.807, 2.05) is 0 Å². The van der Waals surface area contributed by atoms with E-state index >= 15 is 0 Å². The molecule has 0 atom stereocenters. The Hall–Kier alpha value is -0.880. The number of aromatic nitrogens is 1. The normalized spacial score (nSPS) is 11.2. The number of benzene rings is 1. The van der Waals surface area contributed by atoms with Crippen molar-refractivity contribution >= 4 is 33.2 Å². The van der Waals surface area contributed by atoms with Crippen LogP contribution in [0.5, 0.6) is 0 Å². The molecule has 1 nitrogen and oxygen atoms in total. The maximum atomic E-state index is 13.0. The first kappa shape index (κ1) is 9.67. The van der Waals surface area contributed by atoms with E-state index in [2.05, 4.69) is 4.98 Å². The van der Waals surface area contributed by atoms with Gasteiger partial charge in [-0.2, -0.15) is 0 Å². The SMILES string of the molecule is Fc1c(F)c(F)c2sc(Cl)nc2c1F. The van der Waals surface area contributed by atoms with Crippen LogP contribution in [-0.2, 0) is 0 Å². The van der Waals surface area contributed by atoms with Crippen LogP contribution in [0, 0.1) is 23.3 Å². The number of fused-ring (bicyclic) bond motifs is 1. The third-order valence-corrected chi connectivity index (χ3v) is 2.74. The van der Waals surface area contributed by atoms with Gasteiger partial charge in [0.05, 0.1) is 4.70 Å². The second-order valence-corrected chi connectivity index (χ2v) is 3.98. The Labute approximate surface area is 83.9 Å². The van der Waals surface area contributed by atoms with Gasteiger partial charge in [0.1, 0.15) is 5.52 Å². The fourth-order valence-electron chi connectivity index (χ4n) is 0.988. The Morgan fingerprint density at radius 3 is 2.14 bits per heavy atom. The molecule has 1 aromatic heterocycles. The number of halogens is 5. The predicted octanol–water partition coefficient (Wildman–Crippen LogP) is 3.51. The van der Waals surface area contributed by atoms with Gasteiger partial charge < -0.3 is 0 Å². The summed E-state index contributed by atoms with van der Waals surface area (Å²) in [5, 5.41) is 0. The molecule has 1 aromatic carbocycles. The summed E-state index contributed by atoms with van der Waals surface area (Å²) in [4.78, 5) is 3.34. The van der Waals surface area contributed by atoms with Crippen molar-refractivity contribution in [2.75, 3.05) is 0 Å². The fourth-order valence-corrected chi connectivity index (χ4v) is 2.02. The average Bonchev–Trinajstić information content (AvgIpc) is 2.54. The lowest BCUT2D eigenvalue weighted by Gasteiger charge is -1.97. The smallest absolute Gasteiger partial charge is 0.199 e. The average molecular weight is 242 g/mol. The summed E-state index contributed by atoms with van der Waals surface area (Å²) in [6.45, 7) is 0. The van der Waals surface area contributed by atoms with Crippen LogP contribution < -0.4 is 0 Å². The molecule has 0 N–H and O–H groups in total. The zero-order valence-corrected chi connectivity index (χ0v) is 7.82. The molecule has 0 aliphatic heterocycles. The molecule has 0 saturated carbocycles. The van der Waals surface area contributed by atoms with Crippen LogP contribution in [0.3, 0.4) is 0 Å². The maximum absolute atomic E-state index is 13.0. The monoisotopic (exact) mass is 241 g/mol. The molecular formula is C7ClF4NS. The van der Waals surface area contributed by atoms with Crippen molar-refractivity contribution in [3.63, 3.8) is 0 Å². The summed E-state index contributed by atoms with van der Waals surface area (Å²) in [6, 6.07) is 0. The molecule has 2 aromatic rings. The van der Waals surface area contributed by atoms with Crippen molar-refractivity contribution in [2.45, 2.75) is 0 Å². The highest BCUT2D eigenvalue weighted by Crippen LogP contribution is 2.32. The minimum Gasteiger partial charge on any atom is -0.222 e. The Kier molecular flexibility index (Phi) is 2.11. The quantitative estimate of drug-likeness (QED) is 0.391. The summed E-state index contributed by atoms with van der Waals surface area (Å²) in [6.07, 6.45) is 0. The van der Waals surface area contributed by atoms with Crippen molar-refractivity contribution in [2.24, 2.45) is 0 Å². The van der Waals surface area contributed by atoms with Gasteiger partial charge in [-0.1, -0.05) is 22.9 Å². The fraction of sp³-hybridized carbons (Fsp3) is 0. The van der Waals surface area contributed by atoms with Crippen LogP contribution >= 0.6 is 22.9 Å². The Morgan fingerprint density at radius 2 is 1.50 bits per heavy atom. The maximum Gasteiger partial charge on any atom is 0.199 e. The Morgan fingerprint density at radius 1 is 0.929 bits per heavy atom. The standard InChI is InChI=1S/C7ClF4NS/c8-7-13-5-3(11)1(9)2(10)4(12)6(5)14-7. The second-order valence-electron chi connectivity index (χ2n) is 2.40. The van der Waals surface area contributed by atoms with E-state index < -0.39 is 33.5 Å². The lowest BCUT2D eigenvalue weighted by atomic mass is 10.3. The topological polar surface area (TPSA) is 12.9 Å². The molecule has 0 unspecified atom stereocenters. The molecule has 0 spiro atoms. The third kappa shape index (κ3) is 1.18. The zero-order valence-electron chi connectivity index (χ0n) is 6.25. The van der Waals surface area contributed by atoms with E-state index in [0.29, 0.717) is 11.3 Å². The summed E-state index contributed by atoms with van der Waals surface area (Å²) in [7, 11) is 0. The van der Waals surface area contributed by atoms with E-state index in [4.69, 9.17) is 11.6 Å². The van der Waals surface area contributed by atoms with Gasteiger partial charge in [0.15, 0.2) is 27.7 Å². The molecule has 7 heteroatoms. The number of thiazole rings is 1. The molecule has 0 radical (unpaired) electrons. The van der Waals surface area contributed by atoms with Gasteiger partial charge in [-0.15, -0.1) is 0 Å². The molecule has 0 saturated heterocycles. The first-order valence-electron chi connectivity index (χ1n) is 3.30. The number of hydrogen-bond donors (Lipinski definition) is 0. The molecule has 0 bridgehead atoms. The molecular weight excluding hydrogens is 242 g/mol. The summed E-state index contributed by atoms with van der Waals surface area (Å²) in [5.74, 6) is -6.72. The van der Waals surface area contributed by atoms with Gasteiger partial charge in [-0.05, 0) is 0 Å². The molecule has 74 valence electrons. The van der Waals surface area contributed by atoms with Crippen molar-refractivity contribution < 1.29 is 17.6 Å². The second kappa shape index (κ2) is 3.06. The zero-order chi connectivity index (χ0) is 10.5. The highest BCUT2D eigenvalue weighted by Gasteiger charge is 2.23. The molecule has 0 aliphatic carbocycles. The first-order valence-corrected chi connectivity index (χ1v) is 4.49. The predicted molar refractivity (Wildman–Crippen MR) is 44.5 cm³/mol. The van der Waals surface area contributed by atoms with Crippen molar-refractivity contribution in [3.8, 4) is 0 Å². The largest absolute Gasteiger partial charge is 0.222 e.